The summed E-state index contributed by atoms with van der Waals surface area (Å²) in [6.45, 7) is 5.41. The number of anilines is 2. The molecule has 2 aromatic carbocycles. The first-order chi connectivity index (χ1) is 10.9. The zero-order valence-corrected chi connectivity index (χ0v) is 13.4. The van der Waals surface area contributed by atoms with Crippen LogP contribution in [0.25, 0.3) is 0 Å². The number of para-hydroxylation sites is 1. The Morgan fingerprint density at radius 1 is 1.13 bits per heavy atom. The fourth-order valence-electron chi connectivity index (χ4n) is 1.88. The second-order valence-corrected chi connectivity index (χ2v) is 5.96. The van der Waals surface area contributed by atoms with Crippen molar-refractivity contribution in [3.05, 3.63) is 60.2 Å². The third-order valence-corrected chi connectivity index (χ3v) is 2.82. The normalized spacial score (nSPS) is 10.5. The van der Waals surface area contributed by atoms with Crippen molar-refractivity contribution in [3.8, 4) is 6.07 Å². The van der Waals surface area contributed by atoms with Gasteiger partial charge in [0.15, 0.2) is 0 Å². The predicted molar refractivity (Wildman–Crippen MR) is 89.9 cm³/mol. The predicted octanol–water partition coefficient (Wildman–Crippen LogP) is 4.33. The summed E-state index contributed by atoms with van der Waals surface area (Å²) >= 11 is 0. The number of rotatable bonds is 3. The van der Waals surface area contributed by atoms with Gasteiger partial charge in [-0.1, -0.05) is 24.3 Å². The molecule has 118 valence electrons. The summed E-state index contributed by atoms with van der Waals surface area (Å²) in [5.74, 6) is 0. The molecule has 0 bridgehead atoms. The second kappa shape index (κ2) is 6.84. The standard InChI is InChI=1S/C18H19N3O2/c1-18(2,3)23-17(22)21(20-15-9-5-4-6-10-15)16-11-7-8-14(12-16)13-19/h4-12,20H,1-3H3. The molecule has 1 amide bonds. The average Bonchev–Trinajstić information content (AvgIpc) is 2.52. The van der Waals surface area contributed by atoms with E-state index in [1.807, 2.05) is 30.3 Å². The number of carbonyl (C=O) groups excluding carboxylic acids is 1. The molecule has 0 aliphatic heterocycles. The minimum atomic E-state index is -0.624. The fourth-order valence-corrected chi connectivity index (χ4v) is 1.88. The van der Waals surface area contributed by atoms with Crippen molar-refractivity contribution in [1.29, 1.82) is 5.26 Å². The van der Waals surface area contributed by atoms with Crippen molar-refractivity contribution in [2.24, 2.45) is 0 Å². The van der Waals surface area contributed by atoms with E-state index in [-0.39, 0.29) is 0 Å². The molecule has 2 aromatic rings. The van der Waals surface area contributed by atoms with Crippen LogP contribution in [0.3, 0.4) is 0 Å². The molecule has 23 heavy (non-hydrogen) atoms. The van der Waals surface area contributed by atoms with Crippen molar-refractivity contribution < 1.29 is 9.53 Å². The maximum Gasteiger partial charge on any atom is 0.433 e. The number of benzene rings is 2. The molecule has 0 spiro atoms. The van der Waals surface area contributed by atoms with Crippen molar-refractivity contribution in [1.82, 2.24) is 0 Å². The van der Waals surface area contributed by atoms with Crippen LogP contribution in [0.5, 0.6) is 0 Å². The smallest absolute Gasteiger partial charge is 0.433 e. The Kier molecular flexibility index (Phi) is 4.87. The zero-order chi connectivity index (χ0) is 16.9. The maximum absolute atomic E-state index is 12.5. The van der Waals surface area contributed by atoms with Crippen molar-refractivity contribution >= 4 is 17.5 Å². The molecule has 5 nitrogen and oxygen atoms in total. The van der Waals surface area contributed by atoms with E-state index in [4.69, 9.17) is 10.00 Å². The van der Waals surface area contributed by atoms with Crippen LogP contribution in [0, 0.1) is 11.3 Å². The largest absolute Gasteiger partial charge is 0.442 e. The summed E-state index contributed by atoms with van der Waals surface area (Å²) < 4.78 is 5.44. The molecule has 0 aliphatic rings. The minimum Gasteiger partial charge on any atom is -0.442 e. The van der Waals surface area contributed by atoms with Gasteiger partial charge in [0.25, 0.3) is 0 Å². The van der Waals surface area contributed by atoms with Gasteiger partial charge in [0.1, 0.15) is 5.60 Å². The molecule has 1 N–H and O–H groups in total. The first-order valence-electron chi connectivity index (χ1n) is 7.24. The average molecular weight is 309 g/mol. The number of ether oxygens (including phenoxy) is 1. The Labute approximate surface area is 136 Å². The van der Waals surface area contributed by atoms with Crippen LogP contribution in [-0.2, 0) is 4.74 Å². The summed E-state index contributed by atoms with van der Waals surface area (Å²) in [4.78, 5) is 12.5. The van der Waals surface area contributed by atoms with Gasteiger partial charge in [-0.05, 0) is 51.1 Å². The molecule has 5 heteroatoms. The van der Waals surface area contributed by atoms with Crippen LogP contribution in [-0.4, -0.2) is 11.7 Å². The SMILES string of the molecule is CC(C)(C)OC(=O)N(Nc1ccccc1)c1cccc(C#N)c1. The number of nitrogens with one attached hydrogen (secondary N) is 1. The van der Waals surface area contributed by atoms with E-state index < -0.39 is 11.7 Å². The van der Waals surface area contributed by atoms with E-state index in [2.05, 4.69) is 11.5 Å². The first-order valence-corrected chi connectivity index (χ1v) is 7.24. The molecular formula is C18H19N3O2. The molecule has 0 saturated heterocycles. The van der Waals surface area contributed by atoms with Gasteiger partial charge in [-0.25, -0.2) is 4.79 Å². The summed E-state index contributed by atoms with van der Waals surface area (Å²) in [5.41, 5.74) is 4.12. The lowest BCUT2D eigenvalue weighted by Crippen LogP contribution is -2.40. The summed E-state index contributed by atoms with van der Waals surface area (Å²) in [6, 6.07) is 18.1. The number of carbonyl (C=O) groups is 1. The molecule has 0 radical (unpaired) electrons. The van der Waals surface area contributed by atoms with E-state index in [0.717, 1.165) is 5.69 Å². The van der Waals surface area contributed by atoms with Gasteiger partial charge in [0.2, 0.25) is 0 Å². The van der Waals surface area contributed by atoms with E-state index >= 15 is 0 Å². The summed E-state index contributed by atoms with van der Waals surface area (Å²) in [7, 11) is 0. The lowest BCUT2D eigenvalue weighted by molar-refractivity contribution is 0.0589. The monoisotopic (exact) mass is 309 g/mol. The first kappa shape index (κ1) is 16.4. The number of hydrazine groups is 1. The number of amides is 1. The number of hydrogen-bond acceptors (Lipinski definition) is 4. The van der Waals surface area contributed by atoms with Gasteiger partial charge in [0.05, 0.1) is 23.0 Å². The Morgan fingerprint density at radius 3 is 2.43 bits per heavy atom. The zero-order valence-electron chi connectivity index (χ0n) is 13.4. The topological polar surface area (TPSA) is 65.4 Å². The van der Waals surface area contributed by atoms with Gasteiger partial charge in [-0.15, -0.1) is 0 Å². The third kappa shape index (κ3) is 4.75. The number of nitriles is 1. The Bertz CT molecular complexity index is 715. The Hall–Kier alpha value is -3.00. The van der Waals surface area contributed by atoms with Crippen LogP contribution in [0.1, 0.15) is 26.3 Å². The van der Waals surface area contributed by atoms with Gasteiger partial charge in [-0.3, -0.25) is 5.43 Å². The molecule has 0 aliphatic carbocycles. The third-order valence-electron chi connectivity index (χ3n) is 2.82. The van der Waals surface area contributed by atoms with E-state index in [1.165, 1.54) is 5.01 Å². The van der Waals surface area contributed by atoms with Gasteiger partial charge in [0, 0.05) is 0 Å². The second-order valence-electron chi connectivity index (χ2n) is 5.96. The maximum atomic E-state index is 12.5. The van der Waals surface area contributed by atoms with Crippen LogP contribution in [0.4, 0.5) is 16.2 Å². The van der Waals surface area contributed by atoms with Gasteiger partial charge >= 0.3 is 6.09 Å². The molecule has 2 rings (SSSR count). The van der Waals surface area contributed by atoms with Gasteiger partial charge in [-0.2, -0.15) is 10.3 Å². The summed E-state index contributed by atoms with van der Waals surface area (Å²) in [6.07, 6.45) is -0.545. The molecule has 0 saturated carbocycles. The Morgan fingerprint density at radius 2 is 1.83 bits per heavy atom. The van der Waals surface area contributed by atoms with Crippen LogP contribution in [0.15, 0.2) is 54.6 Å². The number of nitrogens with zero attached hydrogens (tertiary/aromatic N) is 2. The fraction of sp³-hybridized carbons (Fsp3) is 0.222. The molecule has 0 unspecified atom stereocenters. The van der Waals surface area contributed by atoms with Gasteiger partial charge < -0.3 is 4.74 Å². The molecule has 0 fully saturated rings. The minimum absolute atomic E-state index is 0.464. The van der Waals surface area contributed by atoms with Crippen molar-refractivity contribution in [3.63, 3.8) is 0 Å². The Balaban J connectivity index is 2.34. The lowest BCUT2D eigenvalue weighted by atomic mass is 10.2. The molecule has 0 aromatic heterocycles. The van der Waals surface area contributed by atoms with Crippen LogP contribution < -0.4 is 10.4 Å². The summed E-state index contributed by atoms with van der Waals surface area (Å²) in [5, 5.41) is 10.3. The quantitative estimate of drug-likeness (QED) is 0.857. The highest BCUT2D eigenvalue weighted by Gasteiger charge is 2.24. The molecular weight excluding hydrogens is 290 g/mol. The molecule has 0 atom stereocenters. The van der Waals surface area contributed by atoms with E-state index in [0.29, 0.717) is 11.3 Å². The lowest BCUT2D eigenvalue weighted by Gasteiger charge is -2.28. The van der Waals surface area contributed by atoms with Crippen molar-refractivity contribution in [2.75, 3.05) is 10.4 Å². The van der Waals surface area contributed by atoms with Crippen LogP contribution >= 0.6 is 0 Å². The highest BCUT2D eigenvalue weighted by molar-refractivity contribution is 5.90. The van der Waals surface area contributed by atoms with Crippen LogP contribution in [0.2, 0.25) is 0 Å². The molecule has 0 heterocycles. The highest BCUT2D eigenvalue weighted by atomic mass is 16.6. The number of hydrogen-bond donors (Lipinski definition) is 1. The van der Waals surface area contributed by atoms with Crippen molar-refractivity contribution in [2.45, 2.75) is 26.4 Å². The van der Waals surface area contributed by atoms with E-state index in [9.17, 15) is 4.79 Å². The van der Waals surface area contributed by atoms with E-state index in [1.54, 1.807) is 45.0 Å². The highest BCUT2D eigenvalue weighted by Crippen LogP contribution is 2.21.